The molecule has 2 fully saturated rings. The first-order valence-corrected chi connectivity index (χ1v) is 9.76. The van der Waals surface area contributed by atoms with Crippen molar-refractivity contribution in [3.63, 3.8) is 0 Å². The molecule has 0 unspecified atom stereocenters. The molecule has 29 heavy (non-hydrogen) atoms. The zero-order valence-corrected chi connectivity index (χ0v) is 17.1. The quantitative estimate of drug-likeness (QED) is 0.602. The maximum atomic E-state index is 13.1. The minimum absolute atomic E-state index is 0.233. The summed E-state index contributed by atoms with van der Waals surface area (Å²) in [6.45, 7) is 5.27. The summed E-state index contributed by atoms with van der Waals surface area (Å²) >= 11 is 0. The first-order valence-electron chi connectivity index (χ1n) is 9.76. The summed E-state index contributed by atoms with van der Waals surface area (Å²) in [5.41, 5.74) is 1.88. The van der Waals surface area contributed by atoms with E-state index in [0.717, 1.165) is 29.1 Å². The number of aryl methyl sites for hydroxylation is 1. The van der Waals surface area contributed by atoms with Gasteiger partial charge in [0.1, 0.15) is 11.3 Å². The lowest BCUT2D eigenvalue weighted by Gasteiger charge is -2.22. The lowest BCUT2D eigenvalue weighted by molar-refractivity contribution is -0.130. The highest BCUT2D eigenvalue weighted by atomic mass is 16.5. The van der Waals surface area contributed by atoms with Crippen LogP contribution in [0.4, 0.5) is 4.79 Å². The number of ketones is 1. The number of benzene rings is 1. The summed E-state index contributed by atoms with van der Waals surface area (Å²) in [7, 11) is 1.54. The molecule has 2 aliphatic rings. The normalized spacial score (nSPS) is 21.4. The van der Waals surface area contributed by atoms with Crippen LogP contribution in [0.25, 0.3) is 0 Å². The highest BCUT2D eigenvalue weighted by molar-refractivity contribution is 6.11. The molecular formula is C22H25N3O4. The Kier molecular flexibility index (Phi) is 4.48. The fraction of sp³-hybridized carbons (Fsp3) is 0.409. The van der Waals surface area contributed by atoms with Crippen LogP contribution in [0.15, 0.2) is 30.3 Å². The molecule has 1 aromatic carbocycles. The van der Waals surface area contributed by atoms with Crippen molar-refractivity contribution in [3.8, 4) is 5.75 Å². The number of hydrogen-bond donors (Lipinski definition) is 1. The van der Waals surface area contributed by atoms with Crippen LogP contribution in [-0.2, 0) is 10.3 Å². The predicted molar refractivity (Wildman–Crippen MR) is 107 cm³/mol. The van der Waals surface area contributed by atoms with E-state index in [2.05, 4.69) is 9.88 Å². The number of ether oxygens (including phenoxy) is 1. The SMILES string of the molecule is COc1cccc([C@]2(C)NC(=O)N(CC(=O)c3cc(C)n(C4CC4)c3C)C2=O)c1. The molecule has 1 saturated carbocycles. The molecule has 152 valence electrons. The van der Waals surface area contributed by atoms with Crippen molar-refractivity contribution in [1.29, 1.82) is 0 Å². The van der Waals surface area contributed by atoms with E-state index >= 15 is 0 Å². The molecule has 0 bridgehead atoms. The van der Waals surface area contributed by atoms with Gasteiger partial charge in [0.05, 0.1) is 13.7 Å². The fourth-order valence-electron chi connectivity index (χ4n) is 4.15. The second-order valence-corrected chi connectivity index (χ2v) is 7.99. The van der Waals surface area contributed by atoms with Crippen LogP contribution >= 0.6 is 0 Å². The fourth-order valence-corrected chi connectivity index (χ4v) is 4.15. The van der Waals surface area contributed by atoms with Gasteiger partial charge in [0.25, 0.3) is 5.91 Å². The molecule has 2 aromatic rings. The Labute approximate surface area is 169 Å². The molecule has 4 rings (SSSR count). The van der Waals surface area contributed by atoms with E-state index < -0.39 is 17.5 Å². The largest absolute Gasteiger partial charge is 0.497 e. The molecule has 1 saturated heterocycles. The summed E-state index contributed by atoms with van der Waals surface area (Å²) in [6, 6.07) is 8.76. The zero-order valence-electron chi connectivity index (χ0n) is 17.1. The van der Waals surface area contributed by atoms with Gasteiger partial charge >= 0.3 is 6.03 Å². The molecule has 0 spiro atoms. The molecule has 1 N–H and O–H groups in total. The minimum atomic E-state index is -1.24. The Balaban J connectivity index is 1.58. The first kappa shape index (κ1) is 19.2. The van der Waals surface area contributed by atoms with Gasteiger partial charge in [0, 0.05) is 23.0 Å². The number of carbonyl (C=O) groups excluding carboxylic acids is 3. The van der Waals surface area contributed by atoms with Gasteiger partial charge in [-0.1, -0.05) is 12.1 Å². The second-order valence-electron chi connectivity index (χ2n) is 7.99. The zero-order chi connectivity index (χ0) is 20.9. The third kappa shape index (κ3) is 3.10. The van der Waals surface area contributed by atoms with Gasteiger partial charge in [-0.2, -0.15) is 0 Å². The van der Waals surface area contributed by atoms with Gasteiger partial charge in [-0.15, -0.1) is 0 Å². The van der Waals surface area contributed by atoms with Crippen LogP contribution in [0.1, 0.15) is 53.1 Å². The third-order valence-corrected chi connectivity index (χ3v) is 5.92. The molecule has 7 heteroatoms. The van der Waals surface area contributed by atoms with E-state index in [0.29, 0.717) is 22.9 Å². The first-order chi connectivity index (χ1) is 13.8. The number of hydrogen-bond acceptors (Lipinski definition) is 4. The number of imide groups is 1. The van der Waals surface area contributed by atoms with Gasteiger partial charge in [-0.3, -0.25) is 14.5 Å². The van der Waals surface area contributed by atoms with Gasteiger partial charge in [0.15, 0.2) is 5.78 Å². The van der Waals surface area contributed by atoms with Gasteiger partial charge < -0.3 is 14.6 Å². The van der Waals surface area contributed by atoms with E-state index in [1.807, 2.05) is 19.9 Å². The molecule has 3 amide bonds. The summed E-state index contributed by atoms with van der Waals surface area (Å²) in [4.78, 5) is 39.7. The number of methoxy groups -OCH3 is 1. The second kappa shape index (κ2) is 6.76. The number of nitrogens with one attached hydrogen (secondary N) is 1. The molecule has 1 aliphatic carbocycles. The lowest BCUT2D eigenvalue weighted by Crippen LogP contribution is -2.41. The van der Waals surface area contributed by atoms with E-state index in [-0.39, 0.29) is 12.3 Å². The van der Waals surface area contributed by atoms with Gasteiger partial charge in [0.2, 0.25) is 0 Å². The van der Waals surface area contributed by atoms with E-state index in [1.165, 1.54) is 0 Å². The van der Waals surface area contributed by atoms with Crippen molar-refractivity contribution in [2.75, 3.05) is 13.7 Å². The minimum Gasteiger partial charge on any atom is -0.497 e. The summed E-state index contributed by atoms with van der Waals surface area (Å²) in [6.07, 6.45) is 2.24. The van der Waals surface area contributed by atoms with Crippen LogP contribution in [0.2, 0.25) is 0 Å². The molecule has 0 radical (unpaired) electrons. The van der Waals surface area contributed by atoms with Crippen LogP contribution in [0.5, 0.6) is 5.75 Å². The van der Waals surface area contributed by atoms with E-state index in [9.17, 15) is 14.4 Å². The smallest absolute Gasteiger partial charge is 0.325 e. The number of aromatic nitrogens is 1. The number of amides is 3. The monoisotopic (exact) mass is 395 g/mol. The number of Topliss-reactive ketones (excluding diaryl/α,β-unsaturated/α-hetero) is 1. The molecular weight excluding hydrogens is 370 g/mol. The number of urea groups is 1. The number of nitrogens with zero attached hydrogens (tertiary/aromatic N) is 2. The van der Waals surface area contributed by atoms with Crippen molar-refractivity contribution in [2.45, 2.75) is 45.2 Å². The Hall–Kier alpha value is -3.09. The average molecular weight is 395 g/mol. The van der Waals surface area contributed by atoms with E-state index in [4.69, 9.17) is 4.74 Å². The van der Waals surface area contributed by atoms with Crippen LogP contribution in [0.3, 0.4) is 0 Å². The molecule has 1 atom stereocenters. The van der Waals surface area contributed by atoms with Gasteiger partial charge in [-0.05, 0) is 57.4 Å². The predicted octanol–water partition coefficient (Wildman–Crippen LogP) is 3.10. The maximum Gasteiger partial charge on any atom is 0.325 e. The van der Waals surface area contributed by atoms with Crippen molar-refractivity contribution in [2.24, 2.45) is 0 Å². The number of carbonyl (C=O) groups is 3. The third-order valence-electron chi connectivity index (χ3n) is 5.92. The topological polar surface area (TPSA) is 80.6 Å². The highest BCUT2D eigenvalue weighted by Gasteiger charge is 2.49. The van der Waals surface area contributed by atoms with Crippen molar-refractivity contribution >= 4 is 17.7 Å². The van der Waals surface area contributed by atoms with Crippen molar-refractivity contribution in [1.82, 2.24) is 14.8 Å². The molecule has 2 heterocycles. The van der Waals surface area contributed by atoms with Crippen molar-refractivity contribution in [3.05, 3.63) is 52.8 Å². The van der Waals surface area contributed by atoms with Crippen LogP contribution in [0, 0.1) is 13.8 Å². The molecule has 1 aromatic heterocycles. The summed E-state index contributed by atoms with van der Waals surface area (Å²) < 4.78 is 7.41. The lowest BCUT2D eigenvalue weighted by atomic mass is 9.92. The Morgan fingerprint density at radius 1 is 1.24 bits per heavy atom. The standard InChI is InChI=1S/C22H25N3O4/c1-13-10-18(14(2)25(13)16-8-9-16)19(26)12-24-20(27)22(3,23-21(24)28)15-6-5-7-17(11-15)29-4/h5-7,10-11,16H,8-9,12H2,1-4H3,(H,23,28)/t22-/m0/s1. The summed E-state index contributed by atoms with van der Waals surface area (Å²) in [5.74, 6) is -0.0867. The molecule has 7 nitrogen and oxygen atoms in total. The van der Waals surface area contributed by atoms with Gasteiger partial charge in [-0.25, -0.2) is 4.79 Å². The Morgan fingerprint density at radius 2 is 1.97 bits per heavy atom. The maximum absolute atomic E-state index is 13.1. The van der Waals surface area contributed by atoms with Crippen LogP contribution < -0.4 is 10.1 Å². The number of rotatable bonds is 6. The van der Waals surface area contributed by atoms with Crippen molar-refractivity contribution < 1.29 is 19.1 Å². The highest BCUT2D eigenvalue weighted by Crippen LogP contribution is 2.38. The average Bonchev–Trinajstić information content (AvgIpc) is 3.45. The van der Waals surface area contributed by atoms with Crippen LogP contribution in [-0.4, -0.2) is 40.8 Å². The summed E-state index contributed by atoms with van der Waals surface area (Å²) in [5, 5.41) is 2.74. The molecule has 1 aliphatic heterocycles. The Bertz CT molecular complexity index is 1020. The van der Waals surface area contributed by atoms with E-state index in [1.54, 1.807) is 38.3 Å². The Morgan fingerprint density at radius 3 is 2.62 bits per heavy atom.